The highest BCUT2D eigenvalue weighted by atomic mass is 127. The number of likely N-dealkylation sites (N-methyl/N-ethyl adjacent to an activating group) is 1. The van der Waals surface area contributed by atoms with Gasteiger partial charge in [-0.15, -0.1) is 24.0 Å². The predicted octanol–water partition coefficient (Wildman–Crippen LogP) is 3.97. The van der Waals surface area contributed by atoms with Crippen LogP contribution < -0.4 is 0 Å². The van der Waals surface area contributed by atoms with Gasteiger partial charge in [0.2, 0.25) is 0 Å². The molecule has 0 fully saturated rings. The van der Waals surface area contributed by atoms with E-state index in [1.165, 1.54) is 39.5 Å². The Morgan fingerprint density at radius 3 is 2.83 bits per heavy atom. The second-order valence-electron chi connectivity index (χ2n) is 5.13. The molecule has 3 rings (SSSR count). The summed E-state index contributed by atoms with van der Waals surface area (Å²) in [6.07, 6.45) is 3.60. The molecular formula is C14H18BrIN2. The number of fused-ring (bicyclic) bond motifs is 3. The van der Waals surface area contributed by atoms with Crippen molar-refractivity contribution in [1.82, 2.24) is 9.88 Å². The van der Waals surface area contributed by atoms with Crippen LogP contribution in [0.5, 0.6) is 0 Å². The zero-order chi connectivity index (χ0) is 12.0. The van der Waals surface area contributed by atoms with E-state index < -0.39 is 0 Å². The molecule has 0 aliphatic heterocycles. The van der Waals surface area contributed by atoms with Crippen molar-refractivity contribution in [3.63, 3.8) is 0 Å². The second kappa shape index (κ2) is 5.51. The third kappa shape index (κ3) is 2.47. The van der Waals surface area contributed by atoms with Crippen LogP contribution in [-0.4, -0.2) is 30.0 Å². The van der Waals surface area contributed by atoms with Gasteiger partial charge in [-0.2, -0.15) is 0 Å². The highest BCUT2D eigenvalue weighted by Crippen LogP contribution is 2.31. The Balaban J connectivity index is 0.00000120. The molecule has 4 heteroatoms. The summed E-state index contributed by atoms with van der Waals surface area (Å²) in [5.41, 5.74) is 4.24. The van der Waals surface area contributed by atoms with Crippen LogP contribution in [0, 0.1) is 0 Å². The van der Waals surface area contributed by atoms with E-state index >= 15 is 0 Å². The molecule has 0 unspecified atom stereocenters. The zero-order valence-corrected chi connectivity index (χ0v) is 14.6. The van der Waals surface area contributed by atoms with Crippen molar-refractivity contribution < 1.29 is 0 Å². The molecule has 1 aromatic carbocycles. The minimum Gasteiger partial charge on any atom is -0.358 e. The first kappa shape index (κ1) is 14.3. The predicted molar refractivity (Wildman–Crippen MR) is 90.9 cm³/mol. The van der Waals surface area contributed by atoms with Gasteiger partial charge in [0.25, 0.3) is 0 Å². The monoisotopic (exact) mass is 420 g/mol. The van der Waals surface area contributed by atoms with Gasteiger partial charge in [0.15, 0.2) is 0 Å². The first-order valence-electron chi connectivity index (χ1n) is 6.10. The lowest BCUT2D eigenvalue weighted by molar-refractivity contribution is 0.267. The van der Waals surface area contributed by atoms with E-state index in [4.69, 9.17) is 0 Å². The standard InChI is InChI=1S/C14H17BrN2.HI/c1-17(2)10-4-5-11-12-7-9(15)3-6-13(12)16-14(11)8-10;/h3,6-7,10,16H,4-5,8H2,1-2H3;1H/t10-;/m1./s1. The van der Waals surface area contributed by atoms with Crippen LogP contribution in [-0.2, 0) is 12.8 Å². The molecule has 1 aromatic heterocycles. The fourth-order valence-electron chi connectivity index (χ4n) is 2.82. The summed E-state index contributed by atoms with van der Waals surface area (Å²) >= 11 is 3.56. The molecule has 0 saturated carbocycles. The van der Waals surface area contributed by atoms with Crippen LogP contribution in [0.25, 0.3) is 10.9 Å². The van der Waals surface area contributed by atoms with Gasteiger partial charge in [0.1, 0.15) is 0 Å². The molecule has 0 spiro atoms. The largest absolute Gasteiger partial charge is 0.358 e. The van der Waals surface area contributed by atoms with Crippen molar-refractivity contribution in [2.45, 2.75) is 25.3 Å². The van der Waals surface area contributed by atoms with Crippen LogP contribution in [0.15, 0.2) is 22.7 Å². The first-order valence-corrected chi connectivity index (χ1v) is 6.90. The molecule has 1 aliphatic carbocycles. The smallest absolute Gasteiger partial charge is 0.0459 e. The summed E-state index contributed by atoms with van der Waals surface area (Å²) in [5, 5.41) is 1.39. The van der Waals surface area contributed by atoms with Gasteiger partial charge in [-0.3, -0.25) is 0 Å². The highest BCUT2D eigenvalue weighted by Gasteiger charge is 2.23. The number of benzene rings is 1. The third-order valence-electron chi connectivity index (χ3n) is 3.85. The Morgan fingerprint density at radius 1 is 1.33 bits per heavy atom. The maximum absolute atomic E-state index is 3.58. The lowest BCUT2D eigenvalue weighted by atomic mass is 9.91. The van der Waals surface area contributed by atoms with Crippen molar-refractivity contribution in [1.29, 1.82) is 0 Å². The quantitative estimate of drug-likeness (QED) is 0.691. The molecule has 0 radical (unpaired) electrons. The van der Waals surface area contributed by atoms with E-state index in [2.05, 4.69) is 58.1 Å². The van der Waals surface area contributed by atoms with Crippen molar-refractivity contribution in [2.24, 2.45) is 0 Å². The molecule has 2 aromatic rings. The number of hydrogen-bond donors (Lipinski definition) is 1. The minimum atomic E-state index is 0. The summed E-state index contributed by atoms with van der Waals surface area (Å²) in [6.45, 7) is 0. The van der Waals surface area contributed by atoms with E-state index in [1.54, 1.807) is 0 Å². The summed E-state index contributed by atoms with van der Waals surface area (Å²) in [7, 11) is 4.35. The number of H-pyrrole nitrogens is 1. The normalized spacial score (nSPS) is 18.8. The number of rotatable bonds is 1. The molecule has 1 heterocycles. The SMILES string of the molecule is CN(C)[C@@H]1CCc2c([nH]c3ccc(Br)cc23)C1.I. The second-order valence-corrected chi connectivity index (χ2v) is 6.05. The molecule has 1 atom stereocenters. The van der Waals surface area contributed by atoms with Crippen LogP contribution in [0.1, 0.15) is 17.7 Å². The molecule has 1 N–H and O–H groups in total. The van der Waals surface area contributed by atoms with Gasteiger partial charge in [-0.25, -0.2) is 0 Å². The molecule has 18 heavy (non-hydrogen) atoms. The molecule has 0 amide bonds. The average Bonchev–Trinajstić information content (AvgIpc) is 2.66. The van der Waals surface area contributed by atoms with Gasteiger partial charge in [0.05, 0.1) is 0 Å². The number of nitrogens with one attached hydrogen (secondary N) is 1. The van der Waals surface area contributed by atoms with Crippen molar-refractivity contribution in [3.05, 3.63) is 33.9 Å². The number of aryl methyl sites for hydroxylation is 1. The van der Waals surface area contributed by atoms with Crippen LogP contribution in [0.3, 0.4) is 0 Å². The Kier molecular flexibility index (Phi) is 4.39. The number of aromatic nitrogens is 1. The van der Waals surface area contributed by atoms with Gasteiger partial charge in [-0.1, -0.05) is 15.9 Å². The zero-order valence-electron chi connectivity index (χ0n) is 10.7. The molecule has 0 saturated heterocycles. The van der Waals surface area contributed by atoms with Gasteiger partial charge < -0.3 is 9.88 Å². The lowest BCUT2D eigenvalue weighted by Crippen LogP contribution is -2.33. The fourth-order valence-corrected chi connectivity index (χ4v) is 3.19. The topological polar surface area (TPSA) is 19.0 Å². The first-order chi connectivity index (χ1) is 8.15. The van der Waals surface area contributed by atoms with Gasteiger partial charge in [0, 0.05) is 33.5 Å². The molecule has 98 valence electrons. The van der Waals surface area contributed by atoms with E-state index in [1.807, 2.05) is 0 Å². The molecule has 2 nitrogen and oxygen atoms in total. The van der Waals surface area contributed by atoms with Crippen molar-refractivity contribution in [3.8, 4) is 0 Å². The lowest BCUT2D eigenvalue weighted by Gasteiger charge is -2.28. The number of halogens is 2. The van der Waals surface area contributed by atoms with Crippen molar-refractivity contribution in [2.75, 3.05) is 14.1 Å². The Labute approximate surface area is 133 Å². The highest BCUT2D eigenvalue weighted by molar-refractivity contribution is 14.0. The van der Waals surface area contributed by atoms with E-state index in [0.29, 0.717) is 6.04 Å². The fraction of sp³-hybridized carbons (Fsp3) is 0.429. The summed E-state index contributed by atoms with van der Waals surface area (Å²) in [5.74, 6) is 0. The Hall–Kier alpha value is -0.0700. The van der Waals surface area contributed by atoms with Crippen LogP contribution in [0.2, 0.25) is 0 Å². The maximum Gasteiger partial charge on any atom is 0.0459 e. The number of nitrogens with zero attached hydrogens (tertiary/aromatic N) is 1. The number of hydrogen-bond acceptors (Lipinski definition) is 1. The van der Waals surface area contributed by atoms with Crippen molar-refractivity contribution >= 4 is 50.8 Å². The summed E-state index contributed by atoms with van der Waals surface area (Å²) < 4.78 is 1.17. The van der Waals surface area contributed by atoms with E-state index in [-0.39, 0.29) is 24.0 Å². The number of aromatic amines is 1. The van der Waals surface area contributed by atoms with Crippen LogP contribution in [0.4, 0.5) is 0 Å². The van der Waals surface area contributed by atoms with E-state index in [9.17, 15) is 0 Å². The molecular weight excluding hydrogens is 403 g/mol. The summed E-state index contributed by atoms with van der Waals surface area (Å²) in [4.78, 5) is 5.92. The Bertz CT molecular complexity index is 562. The molecule has 1 aliphatic rings. The van der Waals surface area contributed by atoms with Crippen LogP contribution >= 0.6 is 39.9 Å². The summed E-state index contributed by atoms with van der Waals surface area (Å²) in [6, 6.07) is 7.19. The third-order valence-corrected chi connectivity index (χ3v) is 4.35. The van der Waals surface area contributed by atoms with E-state index in [0.717, 1.165) is 6.42 Å². The minimum absolute atomic E-state index is 0. The Morgan fingerprint density at radius 2 is 2.11 bits per heavy atom. The average molecular weight is 421 g/mol. The molecule has 0 bridgehead atoms. The maximum atomic E-state index is 3.58. The van der Waals surface area contributed by atoms with Gasteiger partial charge in [-0.05, 0) is 50.7 Å². The van der Waals surface area contributed by atoms with Gasteiger partial charge >= 0.3 is 0 Å².